The van der Waals surface area contributed by atoms with E-state index in [-0.39, 0.29) is 11.8 Å². The third kappa shape index (κ3) is 4.45. The average Bonchev–Trinajstić information content (AvgIpc) is 2.37. The van der Waals surface area contributed by atoms with E-state index in [1.807, 2.05) is 30.0 Å². The van der Waals surface area contributed by atoms with Gasteiger partial charge in [-0.15, -0.1) is 0 Å². The molecule has 0 saturated heterocycles. The van der Waals surface area contributed by atoms with Crippen molar-refractivity contribution >= 4 is 21.8 Å². The van der Waals surface area contributed by atoms with Gasteiger partial charge in [0.2, 0.25) is 5.91 Å². The maximum atomic E-state index is 12.4. The monoisotopic (exact) mass is 311 g/mol. The molecule has 1 rings (SSSR count). The molecule has 0 aliphatic carbocycles. The topological polar surface area (TPSA) is 20.3 Å². The summed E-state index contributed by atoms with van der Waals surface area (Å²) in [4.78, 5) is 14.3. The van der Waals surface area contributed by atoms with Crippen molar-refractivity contribution in [2.75, 3.05) is 11.9 Å². The molecule has 1 aromatic carbocycles. The second kappa shape index (κ2) is 7.57. The van der Waals surface area contributed by atoms with Crippen LogP contribution in [-0.2, 0) is 11.3 Å². The molecule has 0 bridgehead atoms. The van der Waals surface area contributed by atoms with Crippen LogP contribution in [0, 0.1) is 11.8 Å². The van der Waals surface area contributed by atoms with Crippen molar-refractivity contribution in [2.24, 2.45) is 11.8 Å². The minimum absolute atomic E-state index is 0.0766. The first kappa shape index (κ1) is 15.2. The van der Waals surface area contributed by atoms with Crippen LogP contribution in [0.25, 0.3) is 0 Å². The first-order chi connectivity index (χ1) is 8.56. The Labute approximate surface area is 119 Å². The average molecular weight is 312 g/mol. The third-order valence-corrected chi connectivity index (χ3v) is 3.63. The van der Waals surface area contributed by atoms with Gasteiger partial charge in [0.25, 0.3) is 0 Å². The smallest absolute Gasteiger partial charge is 0.225 e. The van der Waals surface area contributed by atoms with E-state index < -0.39 is 0 Å². The molecule has 18 heavy (non-hydrogen) atoms. The van der Waals surface area contributed by atoms with Crippen molar-refractivity contribution in [1.82, 2.24) is 4.90 Å². The highest BCUT2D eigenvalue weighted by Crippen LogP contribution is 2.15. The predicted molar refractivity (Wildman–Crippen MR) is 79.7 cm³/mol. The number of hydrogen-bond acceptors (Lipinski definition) is 1. The Morgan fingerprint density at radius 2 is 1.83 bits per heavy atom. The molecule has 0 aliphatic rings. The molecule has 3 heteroatoms. The van der Waals surface area contributed by atoms with E-state index in [1.165, 1.54) is 5.56 Å². The molecule has 1 unspecified atom stereocenters. The summed E-state index contributed by atoms with van der Waals surface area (Å²) in [7, 11) is 0. The van der Waals surface area contributed by atoms with Crippen LogP contribution >= 0.6 is 15.9 Å². The number of benzene rings is 1. The van der Waals surface area contributed by atoms with Crippen LogP contribution in [0.3, 0.4) is 0 Å². The van der Waals surface area contributed by atoms with Crippen LogP contribution in [-0.4, -0.2) is 22.7 Å². The van der Waals surface area contributed by atoms with Crippen molar-refractivity contribution in [3.05, 3.63) is 35.9 Å². The Morgan fingerprint density at radius 1 is 1.22 bits per heavy atom. The Hall–Kier alpha value is -0.830. The lowest BCUT2D eigenvalue weighted by Crippen LogP contribution is -2.37. The lowest BCUT2D eigenvalue weighted by Gasteiger charge is -2.27. The van der Waals surface area contributed by atoms with E-state index in [4.69, 9.17) is 0 Å². The van der Waals surface area contributed by atoms with E-state index in [0.717, 1.165) is 11.9 Å². The molecule has 100 valence electrons. The standard InChI is InChI=1S/C15H22BrNO/c1-12(2)13(3)15(18)17(10-9-16)11-14-7-5-4-6-8-14/h4-8,12-13H,9-11H2,1-3H3. The number of halogens is 1. The van der Waals surface area contributed by atoms with E-state index >= 15 is 0 Å². The van der Waals surface area contributed by atoms with E-state index in [2.05, 4.69) is 41.9 Å². The molecule has 0 radical (unpaired) electrons. The summed E-state index contributed by atoms with van der Waals surface area (Å²) in [6.45, 7) is 7.65. The predicted octanol–water partition coefficient (Wildman–Crippen LogP) is 3.70. The molecule has 0 N–H and O–H groups in total. The highest BCUT2D eigenvalue weighted by atomic mass is 79.9. The SMILES string of the molecule is CC(C)C(C)C(=O)N(CCBr)Cc1ccccc1. The van der Waals surface area contributed by atoms with Crippen LogP contribution in [0.1, 0.15) is 26.3 Å². The second-order valence-electron chi connectivity index (χ2n) is 4.97. The fourth-order valence-electron chi connectivity index (χ4n) is 1.75. The summed E-state index contributed by atoms with van der Waals surface area (Å²) in [6, 6.07) is 10.1. The van der Waals surface area contributed by atoms with Gasteiger partial charge in [-0.05, 0) is 11.5 Å². The van der Waals surface area contributed by atoms with Gasteiger partial charge >= 0.3 is 0 Å². The number of carbonyl (C=O) groups is 1. The number of hydrogen-bond donors (Lipinski definition) is 0. The lowest BCUT2D eigenvalue weighted by molar-refractivity contribution is -0.136. The maximum absolute atomic E-state index is 12.4. The van der Waals surface area contributed by atoms with E-state index in [1.54, 1.807) is 0 Å². The van der Waals surface area contributed by atoms with Crippen molar-refractivity contribution in [3.8, 4) is 0 Å². The first-order valence-electron chi connectivity index (χ1n) is 6.45. The lowest BCUT2D eigenvalue weighted by atomic mass is 9.96. The Bertz CT molecular complexity index is 364. The largest absolute Gasteiger partial charge is 0.337 e. The van der Waals surface area contributed by atoms with Crippen LogP contribution < -0.4 is 0 Å². The van der Waals surface area contributed by atoms with Crippen molar-refractivity contribution < 1.29 is 4.79 Å². The van der Waals surface area contributed by atoms with Gasteiger partial charge in [-0.3, -0.25) is 4.79 Å². The van der Waals surface area contributed by atoms with Gasteiger partial charge in [0, 0.05) is 24.3 Å². The van der Waals surface area contributed by atoms with Gasteiger partial charge in [0.05, 0.1) is 0 Å². The fourth-order valence-corrected chi connectivity index (χ4v) is 2.17. The molecule has 2 nitrogen and oxygen atoms in total. The zero-order valence-corrected chi connectivity index (χ0v) is 13.0. The van der Waals surface area contributed by atoms with E-state index in [0.29, 0.717) is 12.5 Å². The summed E-state index contributed by atoms with van der Waals surface area (Å²) in [5.41, 5.74) is 1.18. The molecule has 0 aliphatic heterocycles. The molecule has 1 aromatic rings. The van der Waals surface area contributed by atoms with Gasteiger partial charge in [-0.1, -0.05) is 67.0 Å². The Morgan fingerprint density at radius 3 is 2.33 bits per heavy atom. The van der Waals surface area contributed by atoms with Crippen LogP contribution in [0.5, 0.6) is 0 Å². The van der Waals surface area contributed by atoms with Crippen molar-refractivity contribution in [2.45, 2.75) is 27.3 Å². The van der Waals surface area contributed by atoms with Gasteiger partial charge < -0.3 is 4.90 Å². The minimum atomic E-state index is 0.0766. The fraction of sp³-hybridized carbons (Fsp3) is 0.533. The minimum Gasteiger partial charge on any atom is -0.337 e. The summed E-state index contributed by atoms with van der Waals surface area (Å²) in [6.07, 6.45) is 0. The number of alkyl halides is 1. The summed E-state index contributed by atoms with van der Waals surface area (Å²) in [5.74, 6) is 0.701. The molecular formula is C15H22BrNO. The second-order valence-corrected chi connectivity index (χ2v) is 5.76. The highest BCUT2D eigenvalue weighted by Gasteiger charge is 2.22. The zero-order chi connectivity index (χ0) is 13.5. The van der Waals surface area contributed by atoms with Gasteiger partial charge in [0.15, 0.2) is 0 Å². The number of rotatable bonds is 6. The quantitative estimate of drug-likeness (QED) is 0.734. The van der Waals surface area contributed by atoms with Crippen molar-refractivity contribution in [1.29, 1.82) is 0 Å². The Balaban J connectivity index is 2.73. The number of carbonyl (C=O) groups excluding carboxylic acids is 1. The van der Waals surface area contributed by atoms with Crippen LogP contribution in [0.4, 0.5) is 0 Å². The highest BCUT2D eigenvalue weighted by molar-refractivity contribution is 9.09. The summed E-state index contributed by atoms with van der Waals surface area (Å²) in [5, 5.41) is 0.816. The van der Waals surface area contributed by atoms with Gasteiger partial charge in [-0.2, -0.15) is 0 Å². The molecule has 0 heterocycles. The Kier molecular flexibility index (Phi) is 6.41. The normalized spacial score (nSPS) is 12.5. The third-order valence-electron chi connectivity index (χ3n) is 3.27. The van der Waals surface area contributed by atoms with Crippen molar-refractivity contribution in [3.63, 3.8) is 0 Å². The molecule has 0 aromatic heterocycles. The number of amides is 1. The maximum Gasteiger partial charge on any atom is 0.225 e. The molecular weight excluding hydrogens is 290 g/mol. The summed E-state index contributed by atoms with van der Waals surface area (Å²) < 4.78 is 0. The summed E-state index contributed by atoms with van der Waals surface area (Å²) >= 11 is 3.42. The molecule has 0 fully saturated rings. The van der Waals surface area contributed by atoms with Crippen LogP contribution in [0.2, 0.25) is 0 Å². The molecule has 0 saturated carbocycles. The zero-order valence-electron chi connectivity index (χ0n) is 11.4. The van der Waals surface area contributed by atoms with Crippen LogP contribution in [0.15, 0.2) is 30.3 Å². The first-order valence-corrected chi connectivity index (χ1v) is 7.57. The number of nitrogens with zero attached hydrogens (tertiary/aromatic N) is 1. The van der Waals surface area contributed by atoms with Gasteiger partial charge in [-0.25, -0.2) is 0 Å². The molecule has 1 atom stereocenters. The molecule has 1 amide bonds. The van der Waals surface area contributed by atoms with E-state index in [9.17, 15) is 4.79 Å². The van der Waals surface area contributed by atoms with Gasteiger partial charge in [0.1, 0.15) is 0 Å². The molecule has 0 spiro atoms.